The van der Waals surface area contributed by atoms with Gasteiger partial charge < -0.3 is 24.3 Å². The first-order valence-corrected chi connectivity index (χ1v) is 8.65. The summed E-state index contributed by atoms with van der Waals surface area (Å²) in [5.41, 5.74) is 1.27. The maximum absolute atomic E-state index is 11.9. The molecule has 0 saturated carbocycles. The summed E-state index contributed by atoms with van der Waals surface area (Å²) in [5, 5.41) is 2.64. The molecule has 0 radical (unpaired) electrons. The molecule has 2 aromatic rings. The van der Waals surface area contributed by atoms with Gasteiger partial charge in [-0.2, -0.15) is 0 Å². The lowest BCUT2D eigenvalue weighted by Gasteiger charge is -2.08. The molecule has 0 aromatic heterocycles. The Kier molecular flexibility index (Phi) is 7.90. The lowest BCUT2D eigenvalue weighted by Crippen LogP contribution is -2.20. The Balaban J connectivity index is 1.84. The zero-order valence-electron chi connectivity index (χ0n) is 16.1. The first-order valence-electron chi connectivity index (χ1n) is 8.65. The number of methoxy groups -OCH3 is 2. The predicted molar refractivity (Wildman–Crippen MR) is 106 cm³/mol. The van der Waals surface area contributed by atoms with Crippen LogP contribution in [0.25, 0.3) is 6.08 Å². The van der Waals surface area contributed by atoms with Crippen LogP contribution >= 0.6 is 0 Å². The van der Waals surface area contributed by atoms with E-state index >= 15 is 0 Å². The van der Waals surface area contributed by atoms with Gasteiger partial charge in [-0.05, 0) is 49.4 Å². The number of amides is 1. The van der Waals surface area contributed by atoms with Crippen LogP contribution in [0.5, 0.6) is 17.2 Å². The quantitative estimate of drug-likeness (QED) is 0.527. The van der Waals surface area contributed by atoms with E-state index in [1.807, 2.05) is 6.92 Å². The Hall–Kier alpha value is -3.48. The molecule has 7 heteroatoms. The van der Waals surface area contributed by atoms with Crippen LogP contribution in [-0.4, -0.2) is 39.3 Å². The van der Waals surface area contributed by atoms with Crippen LogP contribution in [-0.2, 0) is 14.3 Å². The Bertz CT molecular complexity index is 829. The van der Waals surface area contributed by atoms with Crippen molar-refractivity contribution < 1.29 is 28.5 Å². The van der Waals surface area contributed by atoms with Gasteiger partial charge in [0, 0.05) is 23.4 Å². The van der Waals surface area contributed by atoms with Crippen molar-refractivity contribution in [2.75, 3.05) is 32.8 Å². The molecule has 0 atom stereocenters. The highest BCUT2D eigenvalue weighted by Crippen LogP contribution is 2.25. The molecular weight excluding hydrogens is 362 g/mol. The van der Waals surface area contributed by atoms with Gasteiger partial charge in [-0.15, -0.1) is 0 Å². The third-order valence-electron chi connectivity index (χ3n) is 3.63. The van der Waals surface area contributed by atoms with Gasteiger partial charge in [0.1, 0.15) is 17.2 Å². The number of carbonyl (C=O) groups is 2. The summed E-state index contributed by atoms with van der Waals surface area (Å²) in [5.74, 6) is 0.831. The molecule has 0 bridgehead atoms. The summed E-state index contributed by atoms with van der Waals surface area (Å²) in [6, 6.07) is 12.1. The van der Waals surface area contributed by atoms with Gasteiger partial charge in [0.15, 0.2) is 6.61 Å². The molecule has 1 N–H and O–H groups in total. The number of hydrogen-bond donors (Lipinski definition) is 1. The average Bonchev–Trinajstić information content (AvgIpc) is 2.72. The second kappa shape index (κ2) is 10.6. The number of anilines is 1. The average molecular weight is 385 g/mol. The van der Waals surface area contributed by atoms with Gasteiger partial charge in [0.05, 0.1) is 20.8 Å². The number of esters is 1. The lowest BCUT2D eigenvalue weighted by molar-refractivity contribution is -0.142. The number of hydrogen-bond acceptors (Lipinski definition) is 6. The summed E-state index contributed by atoms with van der Waals surface area (Å²) in [4.78, 5) is 23.7. The molecule has 2 aromatic carbocycles. The maximum Gasteiger partial charge on any atom is 0.331 e. The van der Waals surface area contributed by atoms with E-state index in [2.05, 4.69) is 5.32 Å². The molecule has 0 unspecified atom stereocenters. The van der Waals surface area contributed by atoms with Crippen LogP contribution in [0.2, 0.25) is 0 Å². The van der Waals surface area contributed by atoms with Crippen LogP contribution in [0.15, 0.2) is 48.5 Å². The fraction of sp³-hybridized carbons (Fsp3) is 0.238. The number of nitrogens with one attached hydrogen (secondary N) is 1. The predicted octanol–water partition coefficient (Wildman–Crippen LogP) is 3.30. The van der Waals surface area contributed by atoms with Crippen molar-refractivity contribution in [3.63, 3.8) is 0 Å². The molecule has 0 aliphatic heterocycles. The van der Waals surface area contributed by atoms with Crippen molar-refractivity contribution in [3.8, 4) is 17.2 Å². The van der Waals surface area contributed by atoms with E-state index in [4.69, 9.17) is 18.9 Å². The number of rotatable bonds is 9. The Morgan fingerprint density at radius 2 is 1.71 bits per heavy atom. The van der Waals surface area contributed by atoms with E-state index in [9.17, 15) is 9.59 Å². The van der Waals surface area contributed by atoms with Crippen LogP contribution in [0, 0.1) is 0 Å². The lowest BCUT2D eigenvalue weighted by atomic mass is 10.2. The number of benzene rings is 2. The van der Waals surface area contributed by atoms with Crippen molar-refractivity contribution in [2.24, 2.45) is 0 Å². The van der Waals surface area contributed by atoms with E-state index in [0.717, 1.165) is 0 Å². The topological polar surface area (TPSA) is 83.1 Å². The van der Waals surface area contributed by atoms with Crippen LogP contribution in [0.4, 0.5) is 5.69 Å². The Labute approximate surface area is 163 Å². The van der Waals surface area contributed by atoms with E-state index in [1.54, 1.807) is 55.7 Å². The van der Waals surface area contributed by atoms with E-state index in [0.29, 0.717) is 35.1 Å². The molecule has 0 fully saturated rings. The van der Waals surface area contributed by atoms with Crippen molar-refractivity contribution >= 4 is 23.6 Å². The maximum atomic E-state index is 11.9. The second-order valence-corrected chi connectivity index (χ2v) is 5.55. The Morgan fingerprint density at radius 3 is 2.36 bits per heavy atom. The van der Waals surface area contributed by atoms with E-state index < -0.39 is 18.5 Å². The largest absolute Gasteiger partial charge is 0.497 e. The van der Waals surface area contributed by atoms with Crippen molar-refractivity contribution in [2.45, 2.75) is 6.92 Å². The summed E-state index contributed by atoms with van der Waals surface area (Å²) in [7, 11) is 3.08. The van der Waals surface area contributed by atoms with Crippen molar-refractivity contribution in [1.29, 1.82) is 0 Å². The minimum Gasteiger partial charge on any atom is -0.497 e. The van der Waals surface area contributed by atoms with Crippen LogP contribution in [0.1, 0.15) is 12.5 Å². The number of ether oxygens (including phenoxy) is 4. The van der Waals surface area contributed by atoms with Gasteiger partial charge in [-0.1, -0.05) is 0 Å². The molecule has 0 aliphatic carbocycles. The zero-order chi connectivity index (χ0) is 20.4. The van der Waals surface area contributed by atoms with E-state index in [1.165, 1.54) is 13.2 Å². The van der Waals surface area contributed by atoms with Crippen LogP contribution < -0.4 is 19.5 Å². The molecule has 1 amide bonds. The molecule has 0 spiro atoms. The summed E-state index contributed by atoms with van der Waals surface area (Å²) < 4.78 is 20.7. The summed E-state index contributed by atoms with van der Waals surface area (Å²) in [6.07, 6.45) is 2.78. The van der Waals surface area contributed by atoms with Crippen molar-refractivity contribution in [1.82, 2.24) is 0 Å². The standard InChI is InChI=1S/C21H23NO6/c1-4-27-17-10-7-16(8-11-17)22-20(23)14-28-21(24)12-6-15-5-9-18(25-2)13-19(15)26-3/h5-13H,4,14H2,1-3H3,(H,22,23). The smallest absolute Gasteiger partial charge is 0.331 e. The van der Waals surface area contributed by atoms with Gasteiger partial charge in [-0.25, -0.2) is 4.79 Å². The molecule has 28 heavy (non-hydrogen) atoms. The minimum atomic E-state index is -0.639. The number of carbonyl (C=O) groups excluding carboxylic acids is 2. The normalized spacial score (nSPS) is 10.4. The van der Waals surface area contributed by atoms with E-state index in [-0.39, 0.29) is 0 Å². The second-order valence-electron chi connectivity index (χ2n) is 5.55. The first-order chi connectivity index (χ1) is 13.5. The fourth-order valence-corrected chi connectivity index (χ4v) is 2.30. The third kappa shape index (κ3) is 6.35. The summed E-state index contributed by atoms with van der Waals surface area (Å²) in [6.45, 7) is 2.07. The zero-order valence-corrected chi connectivity index (χ0v) is 16.1. The van der Waals surface area contributed by atoms with Crippen LogP contribution in [0.3, 0.4) is 0 Å². The molecule has 0 saturated heterocycles. The highest BCUT2D eigenvalue weighted by Gasteiger charge is 2.07. The molecule has 148 valence electrons. The molecule has 2 rings (SSSR count). The minimum absolute atomic E-state index is 0.393. The Morgan fingerprint density at radius 1 is 1.00 bits per heavy atom. The molecule has 0 heterocycles. The molecule has 0 aliphatic rings. The summed E-state index contributed by atoms with van der Waals surface area (Å²) >= 11 is 0. The van der Waals surface area contributed by atoms with Gasteiger partial charge in [0.2, 0.25) is 0 Å². The van der Waals surface area contributed by atoms with Crippen molar-refractivity contribution in [3.05, 3.63) is 54.1 Å². The highest BCUT2D eigenvalue weighted by molar-refractivity contribution is 5.94. The van der Waals surface area contributed by atoms with Gasteiger partial charge in [-0.3, -0.25) is 4.79 Å². The third-order valence-corrected chi connectivity index (χ3v) is 3.63. The highest BCUT2D eigenvalue weighted by atomic mass is 16.5. The molecule has 7 nitrogen and oxygen atoms in total. The first kappa shape index (κ1) is 20.8. The SMILES string of the molecule is CCOc1ccc(NC(=O)COC(=O)C=Cc2ccc(OC)cc2OC)cc1. The van der Waals surface area contributed by atoms with Gasteiger partial charge in [0.25, 0.3) is 5.91 Å². The molecular formula is C21H23NO6. The van der Waals surface area contributed by atoms with Gasteiger partial charge >= 0.3 is 5.97 Å². The fourth-order valence-electron chi connectivity index (χ4n) is 2.30. The monoisotopic (exact) mass is 385 g/mol.